The van der Waals surface area contributed by atoms with E-state index in [0.717, 1.165) is 70.1 Å². The summed E-state index contributed by atoms with van der Waals surface area (Å²) in [7, 11) is 0. The zero-order chi connectivity index (χ0) is 40.3. The van der Waals surface area contributed by atoms with Crippen LogP contribution in [0.15, 0.2) is 0 Å². The molecule has 0 N–H and O–H groups in total. The van der Waals surface area contributed by atoms with E-state index >= 15 is 0 Å². The van der Waals surface area contributed by atoms with Crippen molar-refractivity contribution in [1.82, 2.24) is 0 Å². The molecule has 0 heterocycles. The minimum atomic E-state index is -0.758. The van der Waals surface area contributed by atoms with Crippen LogP contribution in [0.2, 0.25) is 0 Å². The van der Waals surface area contributed by atoms with Gasteiger partial charge in [-0.15, -0.1) is 0 Å². The van der Waals surface area contributed by atoms with E-state index in [4.69, 9.17) is 14.2 Å². The van der Waals surface area contributed by atoms with Gasteiger partial charge in [-0.3, -0.25) is 14.4 Å². The third kappa shape index (κ3) is 43.4. The van der Waals surface area contributed by atoms with Crippen LogP contribution in [-0.4, -0.2) is 37.2 Å². The highest BCUT2D eigenvalue weighted by Gasteiger charge is 2.19. The van der Waals surface area contributed by atoms with Crippen LogP contribution in [0.3, 0.4) is 0 Å². The Balaban J connectivity index is 4.10. The van der Waals surface area contributed by atoms with Gasteiger partial charge in [0.15, 0.2) is 6.10 Å². The topological polar surface area (TPSA) is 78.9 Å². The van der Waals surface area contributed by atoms with Crippen molar-refractivity contribution in [3.63, 3.8) is 0 Å². The summed E-state index contributed by atoms with van der Waals surface area (Å²) in [6.45, 7) is 8.92. The molecule has 0 rings (SSSR count). The van der Waals surface area contributed by atoms with Gasteiger partial charge >= 0.3 is 17.9 Å². The SMILES string of the molecule is CCCCCCCCCCCCCCCCCCCCCC(=O)OC[C@@H](COC(=O)CCCCCCC)OC(=O)CCCCCCCCCCCCC(C)C. The Bertz CT molecular complexity index is 826. The van der Waals surface area contributed by atoms with Gasteiger partial charge < -0.3 is 14.2 Å². The van der Waals surface area contributed by atoms with E-state index in [1.165, 1.54) is 161 Å². The summed E-state index contributed by atoms with van der Waals surface area (Å²) in [6, 6.07) is 0. The van der Waals surface area contributed by atoms with Crippen molar-refractivity contribution in [2.75, 3.05) is 13.2 Å². The van der Waals surface area contributed by atoms with Gasteiger partial charge in [-0.2, -0.15) is 0 Å². The Hall–Kier alpha value is -1.59. The molecule has 0 aliphatic rings. The largest absolute Gasteiger partial charge is 0.462 e. The quantitative estimate of drug-likeness (QED) is 0.0348. The molecular formula is C49H94O6. The van der Waals surface area contributed by atoms with E-state index in [2.05, 4.69) is 27.7 Å². The lowest BCUT2D eigenvalue weighted by Crippen LogP contribution is -2.30. The maximum atomic E-state index is 12.7. The number of rotatable bonds is 44. The van der Waals surface area contributed by atoms with Crippen LogP contribution in [0.1, 0.15) is 272 Å². The first kappa shape index (κ1) is 53.4. The standard InChI is InChI=1S/C49H94O6/c1-5-7-9-11-12-13-14-15-16-17-18-19-20-21-22-26-29-33-37-41-48(51)54-44-46(43-53-47(50)40-36-31-10-8-6-2)55-49(52)42-38-34-30-27-24-23-25-28-32-35-39-45(3)4/h45-46H,5-44H2,1-4H3/t46-/m1/s1. The average Bonchev–Trinajstić information content (AvgIpc) is 3.17. The van der Waals surface area contributed by atoms with E-state index in [1.54, 1.807) is 0 Å². The number of hydrogen-bond acceptors (Lipinski definition) is 6. The summed E-state index contributed by atoms with van der Waals surface area (Å²) in [4.78, 5) is 37.5. The van der Waals surface area contributed by atoms with E-state index in [0.29, 0.717) is 19.3 Å². The Kier molecular flexibility index (Phi) is 42.3. The molecule has 0 spiro atoms. The molecule has 0 aromatic rings. The van der Waals surface area contributed by atoms with Crippen molar-refractivity contribution < 1.29 is 28.6 Å². The summed E-state index contributed by atoms with van der Waals surface area (Å²) in [6.07, 6.45) is 44.1. The van der Waals surface area contributed by atoms with E-state index in [9.17, 15) is 14.4 Å². The second-order valence-corrected chi connectivity index (χ2v) is 17.2. The number of hydrogen-bond donors (Lipinski definition) is 0. The van der Waals surface area contributed by atoms with Crippen LogP contribution < -0.4 is 0 Å². The average molecular weight is 779 g/mol. The summed E-state index contributed by atoms with van der Waals surface area (Å²) >= 11 is 0. The Morgan fingerprint density at radius 3 is 0.891 bits per heavy atom. The maximum absolute atomic E-state index is 12.7. The molecule has 0 radical (unpaired) electrons. The van der Waals surface area contributed by atoms with Crippen LogP contribution in [0, 0.1) is 5.92 Å². The lowest BCUT2D eigenvalue weighted by molar-refractivity contribution is -0.167. The summed E-state index contributed by atoms with van der Waals surface area (Å²) in [5, 5.41) is 0. The fraction of sp³-hybridized carbons (Fsp3) is 0.939. The van der Waals surface area contributed by atoms with Crippen LogP contribution >= 0.6 is 0 Å². The first-order chi connectivity index (χ1) is 26.9. The minimum absolute atomic E-state index is 0.0645. The van der Waals surface area contributed by atoms with Crippen molar-refractivity contribution in [1.29, 1.82) is 0 Å². The number of unbranched alkanes of at least 4 members (excludes halogenated alkanes) is 31. The van der Waals surface area contributed by atoms with Gasteiger partial charge in [-0.25, -0.2) is 0 Å². The van der Waals surface area contributed by atoms with Crippen LogP contribution in [0.25, 0.3) is 0 Å². The van der Waals surface area contributed by atoms with Gasteiger partial charge in [0, 0.05) is 19.3 Å². The second-order valence-electron chi connectivity index (χ2n) is 17.2. The van der Waals surface area contributed by atoms with Gasteiger partial charge in [0.05, 0.1) is 0 Å². The van der Waals surface area contributed by atoms with Crippen molar-refractivity contribution in [3.05, 3.63) is 0 Å². The molecule has 0 aliphatic heterocycles. The first-order valence-corrected chi connectivity index (χ1v) is 24.4. The molecule has 6 heteroatoms. The molecule has 0 saturated heterocycles. The number of ether oxygens (including phenoxy) is 3. The summed E-state index contributed by atoms with van der Waals surface area (Å²) in [5.74, 6) is -0.0487. The molecule has 0 unspecified atom stereocenters. The fourth-order valence-corrected chi connectivity index (χ4v) is 7.33. The van der Waals surface area contributed by atoms with Gasteiger partial charge in [0.2, 0.25) is 0 Å². The maximum Gasteiger partial charge on any atom is 0.306 e. The molecule has 326 valence electrons. The lowest BCUT2D eigenvalue weighted by atomic mass is 10.0. The van der Waals surface area contributed by atoms with Crippen molar-refractivity contribution in [3.8, 4) is 0 Å². The van der Waals surface area contributed by atoms with Gasteiger partial charge in [-0.05, 0) is 25.2 Å². The number of esters is 3. The van der Waals surface area contributed by atoms with Gasteiger partial charge in [-0.1, -0.05) is 233 Å². The third-order valence-corrected chi connectivity index (χ3v) is 11.0. The van der Waals surface area contributed by atoms with Crippen LogP contribution in [0.4, 0.5) is 0 Å². The monoisotopic (exact) mass is 779 g/mol. The predicted octanol–water partition coefficient (Wildman–Crippen LogP) is 15.5. The first-order valence-electron chi connectivity index (χ1n) is 24.4. The molecule has 55 heavy (non-hydrogen) atoms. The van der Waals surface area contributed by atoms with E-state index < -0.39 is 6.10 Å². The molecule has 0 amide bonds. The fourth-order valence-electron chi connectivity index (χ4n) is 7.33. The third-order valence-electron chi connectivity index (χ3n) is 11.0. The van der Waals surface area contributed by atoms with Crippen LogP contribution in [-0.2, 0) is 28.6 Å². The summed E-state index contributed by atoms with van der Waals surface area (Å²) in [5.41, 5.74) is 0. The molecule has 0 aliphatic carbocycles. The molecule has 1 atom stereocenters. The van der Waals surface area contributed by atoms with E-state index in [1.807, 2.05) is 0 Å². The number of carbonyl (C=O) groups is 3. The van der Waals surface area contributed by atoms with Crippen LogP contribution in [0.5, 0.6) is 0 Å². The molecular weight excluding hydrogens is 685 g/mol. The number of carbonyl (C=O) groups excluding carboxylic acids is 3. The smallest absolute Gasteiger partial charge is 0.306 e. The Labute approximate surface area is 342 Å². The minimum Gasteiger partial charge on any atom is -0.462 e. The van der Waals surface area contributed by atoms with Crippen molar-refractivity contribution in [2.45, 2.75) is 278 Å². The van der Waals surface area contributed by atoms with Gasteiger partial charge in [0.1, 0.15) is 13.2 Å². The highest BCUT2D eigenvalue weighted by atomic mass is 16.6. The summed E-state index contributed by atoms with van der Waals surface area (Å²) < 4.78 is 16.6. The lowest BCUT2D eigenvalue weighted by Gasteiger charge is -2.18. The van der Waals surface area contributed by atoms with E-state index in [-0.39, 0.29) is 31.1 Å². The Morgan fingerprint density at radius 2 is 0.600 bits per heavy atom. The van der Waals surface area contributed by atoms with Crippen molar-refractivity contribution in [2.24, 2.45) is 5.92 Å². The van der Waals surface area contributed by atoms with Crippen molar-refractivity contribution >= 4 is 17.9 Å². The second kappa shape index (κ2) is 43.5. The zero-order valence-electron chi connectivity index (χ0n) is 37.4. The predicted molar refractivity (Wildman–Crippen MR) is 233 cm³/mol. The zero-order valence-corrected chi connectivity index (χ0v) is 37.4. The Morgan fingerprint density at radius 1 is 0.345 bits per heavy atom. The van der Waals surface area contributed by atoms with Gasteiger partial charge in [0.25, 0.3) is 0 Å². The molecule has 0 bridgehead atoms. The molecule has 0 aromatic carbocycles. The molecule has 0 saturated carbocycles. The molecule has 0 fully saturated rings. The highest BCUT2D eigenvalue weighted by Crippen LogP contribution is 2.17. The normalized spacial score (nSPS) is 11.9. The highest BCUT2D eigenvalue weighted by molar-refractivity contribution is 5.71. The molecule has 6 nitrogen and oxygen atoms in total. The molecule has 0 aromatic heterocycles.